The van der Waals surface area contributed by atoms with E-state index in [1.165, 1.54) is 4.31 Å². The maximum absolute atomic E-state index is 12.3. The molecule has 0 bridgehead atoms. The van der Waals surface area contributed by atoms with Crippen LogP contribution in [-0.4, -0.2) is 25.8 Å². The largest absolute Gasteiger partial charge is 0.301 e. The molecule has 0 radical (unpaired) electrons. The molecule has 2 aromatic carbocycles. The third-order valence-corrected chi connectivity index (χ3v) is 5.52. The fourth-order valence-electron chi connectivity index (χ4n) is 2.12. The van der Waals surface area contributed by atoms with E-state index in [0.29, 0.717) is 18.8 Å². The zero-order valence-corrected chi connectivity index (χ0v) is 13.8. The Morgan fingerprint density at radius 2 is 1.65 bits per heavy atom. The summed E-state index contributed by atoms with van der Waals surface area (Å²) in [6, 6.07) is 11.3. The number of rotatable bonds is 5. The highest BCUT2D eigenvalue weighted by Crippen LogP contribution is 2.30. The lowest BCUT2D eigenvalue weighted by atomic mass is 10.1. The molecule has 0 unspecified atom stereocenters. The molecule has 4 nitrogen and oxygen atoms in total. The van der Waals surface area contributed by atoms with Crippen LogP contribution in [0.2, 0.25) is 0 Å². The smallest absolute Gasteiger partial charge is 0.270 e. The third kappa shape index (κ3) is 2.97. The van der Waals surface area contributed by atoms with Gasteiger partial charge < -0.3 is 0 Å². The van der Waals surface area contributed by atoms with E-state index in [2.05, 4.69) is 20.7 Å². The lowest BCUT2D eigenvalue weighted by molar-refractivity contribution is 0.449. The summed E-state index contributed by atoms with van der Waals surface area (Å²) < 4.78 is 29.6. The van der Waals surface area contributed by atoms with Crippen LogP contribution in [0.15, 0.2) is 40.9 Å². The first-order valence-electron chi connectivity index (χ1n) is 6.44. The number of hydrogen-bond acceptors (Lipinski definition) is 2. The number of nitrogens with zero attached hydrogens (tertiary/aromatic N) is 1. The van der Waals surface area contributed by atoms with Crippen LogP contribution in [0.3, 0.4) is 0 Å². The van der Waals surface area contributed by atoms with Crippen LogP contribution in [0.5, 0.6) is 0 Å². The molecule has 1 N–H and O–H groups in total. The Bertz CT molecular complexity index is 712. The molecule has 108 valence electrons. The van der Waals surface area contributed by atoms with E-state index in [0.717, 1.165) is 15.2 Å². The first-order chi connectivity index (χ1) is 9.49. The van der Waals surface area contributed by atoms with Crippen LogP contribution < -0.4 is 4.72 Å². The van der Waals surface area contributed by atoms with Gasteiger partial charge in [0, 0.05) is 22.9 Å². The summed E-state index contributed by atoms with van der Waals surface area (Å²) >= 11 is 3.48. The summed E-state index contributed by atoms with van der Waals surface area (Å²) in [6.07, 6.45) is 0. The maximum atomic E-state index is 12.3. The molecule has 0 aromatic heterocycles. The molecule has 0 saturated heterocycles. The second-order valence-electron chi connectivity index (χ2n) is 4.33. The van der Waals surface area contributed by atoms with Gasteiger partial charge in [-0.25, -0.2) is 0 Å². The third-order valence-electron chi connectivity index (χ3n) is 3.16. The molecule has 0 spiro atoms. The fraction of sp³-hybridized carbons (Fsp3) is 0.286. The Morgan fingerprint density at radius 3 is 2.25 bits per heavy atom. The van der Waals surface area contributed by atoms with E-state index in [-0.39, 0.29) is 0 Å². The van der Waals surface area contributed by atoms with Crippen molar-refractivity contribution in [2.24, 2.45) is 0 Å². The van der Waals surface area contributed by atoms with E-state index in [9.17, 15) is 8.42 Å². The monoisotopic (exact) mass is 356 g/mol. The predicted molar refractivity (Wildman–Crippen MR) is 87.1 cm³/mol. The van der Waals surface area contributed by atoms with Crippen LogP contribution in [0.25, 0.3) is 10.8 Å². The van der Waals surface area contributed by atoms with Crippen molar-refractivity contribution in [3.8, 4) is 0 Å². The van der Waals surface area contributed by atoms with Gasteiger partial charge in [-0.15, -0.1) is 0 Å². The summed E-state index contributed by atoms with van der Waals surface area (Å²) in [5, 5.41) is 1.85. The second-order valence-corrected chi connectivity index (χ2v) is 6.86. The van der Waals surface area contributed by atoms with Crippen LogP contribution >= 0.6 is 15.9 Å². The number of anilines is 1. The zero-order valence-electron chi connectivity index (χ0n) is 11.4. The molecule has 0 aliphatic carbocycles. The van der Waals surface area contributed by atoms with Gasteiger partial charge in [-0.2, -0.15) is 12.7 Å². The summed E-state index contributed by atoms with van der Waals surface area (Å²) in [4.78, 5) is 0. The van der Waals surface area contributed by atoms with Crippen LogP contribution in [0.1, 0.15) is 13.8 Å². The van der Waals surface area contributed by atoms with E-state index < -0.39 is 10.2 Å². The Balaban J connectivity index is 2.48. The van der Waals surface area contributed by atoms with Crippen molar-refractivity contribution in [1.29, 1.82) is 0 Å². The summed E-state index contributed by atoms with van der Waals surface area (Å²) in [7, 11) is -3.51. The molecule has 2 aromatic rings. The van der Waals surface area contributed by atoms with Crippen molar-refractivity contribution in [1.82, 2.24) is 4.31 Å². The minimum absolute atomic E-state index is 0.445. The standard InChI is InChI=1S/C14H17BrN2O2S/c1-3-17(4-2)20(18,19)16-14-10-9-13(15)11-7-5-6-8-12(11)14/h5-10,16H,3-4H2,1-2H3. The van der Waals surface area contributed by atoms with Gasteiger partial charge in [-0.1, -0.05) is 54.0 Å². The van der Waals surface area contributed by atoms with Gasteiger partial charge in [0.05, 0.1) is 5.69 Å². The summed E-state index contributed by atoms with van der Waals surface area (Å²) in [5.41, 5.74) is 0.593. The van der Waals surface area contributed by atoms with Gasteiger partial charge in [0.25, 0.3) is 0 Å². The van der Waals surface area contributed by atoms with Crippen LogP contribution in [0.4, 0.5) is 5.69 Å². The number of nitrogens with one attached hydrogen (secondary N) is 1. The minimum atomic E-state index is -3.51. The second kappa shape index (κ2) is 6.11. The molecule has 0 amide bonds. The van der Waals surface area contributed by atoms with Crippen molar-refractivity contribution in [3.63, 3.8) is 0 Å². The lowest BCUT2D eigenvalue weighted by Gasteiger charge is -2.20. The number of halogens is 1. The number of hydrogen-bond donors (Lipinski definition) is 1. The quantitative estimate of drug-likeness (QED) is 0.889. The fourth-order valence-corrected chi connectivity index (χ4v) is 3.86. The Morgan fingerprint density at radius 1 is 1.05 bits per heavy atom. The molecule has 20 heavy (non-hydrogen) atoms. The molecule has 6 heteroatoms. The van der Waals surface area contributed by atoms with Crippen molar-refractivity contribution in [2.75, 3.05) is 17.8 Å². The molecular formula is C14H17BrN2O2S. The normalized spacial score (nSPS) is 12.0. The van der Waals surface area contributed by atoms with Crippen LogP contribution in [0, 0.1) is 0 Å². The van der Waals surface area contributed by atoms with Gasteiger partial charge in [0.15, 0.2) is 0 Å². The average Bonchev–Trinajstić information content (AvgIpc) is 2.43. The average molecular weight is 357 g/mol. The van der Waals surface area contributed by atoms with E-state index in [4.69, 9.17) is 0 Å². The highest BCUT2D eigenvalue weighted by atomic mass is 79.9. The molecule has 0 fully saturated rings. The number of benzene rings is 2. The Kier molecular flexibility index (Phi) is 4.67. The molecule has 0 aliphatic heterocycles. The molecule has 0 heterocycles. The summed E-state index contributed by atoms with van der Waals surface area (Å²) in [6.45, 7) is 4.53. The highest BCUT2D eigenvalue weighted by Gasteiger charge is 2.19. The molecular weight excluding hydrogens is 340 g/mol. The maximum Gasteiger partial charge on any atom is 0.301 e. The van der Waals surface area contributed by atoms with Gasteiger partial charge in [-0.05, 0) is 17.5 Å². The number of fused-ring (bicyclic) bond motifs is 1. The lowest BCUT2D eigenvalue weighted by Crippen LogP contribution is -2.35. The SMILES string of the molecule is CCN(CC)S(=O)(=O)Nc1ccc(Br)c2ccccc12. The first kappa shape index (κ1) is 15.3. The van der Waals surface area contributed by atoms with Gasteiger partial charge in [0.1, 0.15) is 0 Å². The summed E-state index contributed by atoms with van der Waals surface area (Å²) in [5.74, 6) is 0. The Hall–Kier alpha value is -1.11. The first-order valence-corrected chi connectivity index (χ1v) is 8.68. The van der Waals surface area contributed by atoms with E-state index in [1.54, 1.807) is 6.07 Å². The van der Waals surface area contributed by atoms with Crippen molar-refractivity contribution in [2.45, 2.75) is 13.8 Å². The predicted octanol–water partition coefficient (Wildman–Crippen LogP) is 3.60. The van der Waals surface area contributed by atoms with Crippen molar-refractivity contribution in [3.05, 3.63) is 40.9 Å². The molecule has 2 rings (SSSR count). The highest BCUT2D eigenvalue weighted by molar-refractivity contribution is 9.10. The van der Waals surface area contributed by atoms with Gasteiger partial charge in [0.2, 0.25) is 0 Å². The molecule has 0 aliphatic rings. The van der Waals surface area contributed by atoms with Crippen molar-refractivity contribution >= 4 is 42.6 Å². The molecule has 0 saturated carbocycles. The molecule has 0 atom stereocenters. The van der Waals surface area contributed by atoms with Gasteiger partial charge in [-0.3, -0.25) is 4.72 Å². The van der Waals surface area contributed by atoms with Gasteiger partial charge >= 0.3 is 10.2 Å². The Labute approximate surface area is 128 Å². The van der Waals surface area contributed by atoms with E-state index >= 15 is 0 Å². The van der Waals surface area contributed by atoms with Crippen molar-refractivity contribution < 1.29 is 8.42 Å². The zero-order chi connectivity index (χ0) is 14.8. The van der Waals surface area contributed by atoms with Crippen LogP contribution in [-0.2, 0) is 10.2 Å². The van der Waals surface area contributed by atoms with E-state index in [1.807, 2.05) is 44.2 Å². The minimum Gasteiger partial charge on any atom is -0.270 e. The topological polar surface area (TPSA) is 49.4 Å².